The van der Waals surface area contributed by atoms with Crippen molar-refractivity contribution < 1.29 is 10.2 Å². The zero-order chi connectivity index (χ0) is 13.9. The fourth-order valence-corrected chi connectivity index (χ4v) is 2.40. The Kier molecular flexibility index (Phi) is 5.64. The SMILES string of the molecule is CC(C)c1cccc(C(C)C)c1C(O)C(O)CCl. The van der Waals surface area contributed by atoms with Crippen molar-refractivity contribution in [3.05, 3.63) is 34.9 Å². The molecule has 1 rings (SSSR count). The van der Waals surface area contributed by atoms with Crippen molar-refractivity contribution in [2.24, 2.45) is 0 Å². The summed E-state index contributed by atoms with van der Waals surface area (Å²) in [5, 5.41) is 20.1. The Balaban J connectivity index is 3.35. The molecule has 0 saturated heterocycles. The maximum atomic E-state index is 10.3. The van der Waals surface area contributed by atoms with E-state index in [1.807, 2.05) is 18.2 Å². The number of aliphatic hydroxyl groups is 2. The molecule has 0 saturated carbocycles. The zero-order valence-corrected chi connectivity index (χ0v) is 12.3. The highest BCUT2D eigenvalue weighted by molar-refractivity contribution is 6.18. The average molecular weight is 271 g/mol. The number of rotatable bonds is 5. The van der Waals surface area contributed by atoms with E-state index in [9.17, 15) is 10.2 Å². The van der Waals surface area contributed by atoms with Crippen molar-refractivity contribution in [1.29, 1.82) is 0 Å². The van der Waals surface area contributed by atoms with Gasteiger partial charge < -0.3 is 10.2 Å². The van der Waals surface area contributed by atoms with Gasteiger partial charge in [-0.05, 0) is 28.5 Å². The van der Waals surface area contributed by atoms with Crippen LogP contribution in [0, 0.1) is 0 Å². The van der Waals surface area contributed by atoms with Gasteiger partial charge in [-0.3, -0.25) is 0 Å². The highest BCUT2D eigenvalue weighted by Crippen LogP contribution is 2.33. The van der Waals surface area contributed by atoms with Gasteiger partial charge in [0.05, 0.1) is 12.0 Å². The van der Waals surface area contributed by atoms with Crippen LogP contribution < -0.4 is 0 Å². The molecule has 2 N–H and O–H groups in total. The summed E-state index contributed by atoms with van der Waals surface area (Å²) >= 11 is 5.65. The Labute approximate surface area is 115 Å². The van der Waals surface area contributed by atoms with Crippen molar-refractivity contribution in [1.82, 2.24) is 0 Å². The van der Waals surface area contributed by atoms with E-state index in [1.54, 1.807) is 0 Å². The van der Waals surface area contributed by atoms with Crippen LogP contribution in [0.25, 0.3) is 0 Å². The first-order valence-corrected chi connectivity index (χ1v) is 6.98. The second-order valence-electron chi connectivity index (χ2n) is 5.33. The third-order valence-corrected chi connectivity index (χ3v) is 3.55. The Morgan fingerprint density at radius 3 is 1.78 bits per heavy atom. The Morgan fingerprint density at radius 1 is 1.00 bits per heavy atom. The lowest BCUT2D eigenvalue weighted by Crippen LogP contribution is -2.23. The topological polar surface area (TPSA) is 40.5 Å². The van der Waals surface area contributed by atoms with Crippen LogP contribution in [0.5, 0.6) is 0 Å². The second-order valence-corrected chi connectivity index (χ2v) is 5.63. The Morgan fingerprint density at radius 2 is 1.44 bits per heavy atom. The first-order valence-electron chi connectivity index (χ1n) is 6.44. The van der Waals surface area contributed by atoms with Crippen molar-refractivity contribution >= 4 is 11.6 Å². The third kappa shape index (κ3) is 3.25. The minimum Gasteiger partial charge on any atom is -0.389 e. The van der Waals surface area contributed by atoms with Gasteiger partial charge in [0, 0.05) is 0 Å². The molecule has 0 spiro atoms. The Bertz CT molecular complexity index is 362. The minimum atomic E-state index is -0.927. The van der Waals surface area contributed by atoms with Crippen LogP contribution in [0.1, 0.15) is 62.3 Å². The van der Waals surface area contributed by atoms with Gasteiger partial charge in [-0.15, -0.1) is 11.6 Å². The largest absolute Gasteiger partial charge is 0.389 e. The van der Waals surface area contributed by atoms with E-state index < -0.39 is 12.2 Å². The van der Waals surface area contributed by atoms with Crippen LogP contribution in [0.15, 0.2) is 18.2 Å². The monoisotopic (exact) mass is 270 g/mol. The smallest absolute Gasteiger partial charge is 0.107 e. The van der Waals surface area contributed by atoms with E-state index in [2.05, 4.69) is 27.7 Å². The summed E-state index contributed by atoms with van der Waals surface area (Å²) in [4.78, 5) is 0. The molecule has 1 aromatic rings. The van der Waals surface area contributed by atoms with Crippen LogP contribution in [0.2, 0.25) is 0 Å². The molecule has 0 bridgehead atoms. The predicted molar refractivity (Wildman–Crippen MR) is 76.3 cm³/mol. The molecule has 3 heteroatoms. The first kappa shape index (κ1) is 15.5. The summed E-state index contributed by atoms with van der Waals surface area (Å²) in [5.41, 5.74) is 3.01. The molecule has 0 aliphatic carbocycles. The number of alkyl halides is 1. The molecule has 2 atom stereocenters. The fraction of sp³-hybridized carbons (Fsp3) is 0.600. The number of hydrogen-bond acceptors (Lipinski definition) is 2. The van der Waals surface area contributed by atoms with Gasteiger partial charge in [0.2, 0.25) is 0 Å². The van der Waals surface area contributed by atoms with Crippen LogP contribution >= 0.6 is 11.6 Å². The summed E-state index contributed by atoms with van der Waals surface area (Å²) in [6.07, 6.45) is -1.84. The number of aliphatic hydroxyl groups excluding tert-OH is 2. The van der Waals surface area contributed by atoms with E-state index in [1.165, 1.54) is 0 Å². The standard InChI is InChI=1S/C15H23ClO2/c1-9(2)11-6-5-7-12(10(3)4)14(11)15(18)13(17)8-16/h5-7,9-10,13,15,17-18H,8H2,1-4H3. The number of hydrogen-bond donors (Lipinski definition) is 2. The fourth-order valence-electron chi connectivity index (χ4n) is 2.23. The maximum absolute atomic E-state index is 10.3. The van der Waals surface area contributed by atoms with Crippen LogP contribution in [0.4, 0.5) is 0 Å². The molecule has 0 radical (unpaired) electrons. The highest BCUT2D eigenvalue weighted by Gasteiger charge is 2.25. The molecule has 0 aromatic heterocycles. The van der Waals surface area contributed by atoms with Gasteiger partial charge in [-0.25, -0.2) is 0 Å². The van der Waals surface area contributed by atoms with Crippen molar-refractivity contribution in [2.75, 3.05) is 5.88 Å². The quantitative estimate of drug-likeness (QED) is 0.803. The van der Waals surface area contributed by atoms with Gasteiger partial charge in [0.15, 0.2) is 0 Å². The summed E-state index contributed by atoms with van der Waals surface area (Å²) < 4.78 is 0. The molecule has 0 amide bonds. The molecule has 102 valence electrons. The van der Waals surface area contributed by atoms with Gasteiger partial charge in [0.25, 0.3) is 0 Å². The second kappa shape index (κ2) is 6.55. The van der Waals surface area contributed by atoms with Gasteiger partial charge in [0.1, 0.15) is 6.10 Å². The summed E-state index contributed by atoms with van der Waals surface area (Å²) in [5.74, 6) is 0.636. The summed E-state index contributed by atoms with van der Waals surface area (Å²) in [6.45, 7) is 8.34. The highest BCUT2D eigenvalue weighted by atomic mass is 35.5. The molecule has 2 nitrogen and oxygen atoms in total. The van der Waals surface area contributed by atoms with Gasteiger partial charge in [-0.2, -0.15) is 0 Å². The third-order valence-electron chi connectivity index (χ3n) is 3.24. The van der Waals surface area contributed by atoms with Crippen LogP contribution in [-0.4, -0.2) is 22.2 Å². The lowest BCUT2D eigenvalue weighted by atomic mass is 9.85. The minimum absolute atomic E-state index is 0.0329. The molecule has 0 aliphatic heterocycles. The molecule has 0 heterocycles. The Hall–Kier alpha value is -0.570. The van der Waals surface area contributed by atoms with Crippen molar-refractivity contribution in [3.8, 4) is 0 Å². The van der Waals surface area contributed by atoms with E-state index in [0.717, 1.165) is 16.7 Å². The predicted octanol–water partition coefficient (Wildman–Crippen LogP) is 3.57. The molecule has 18 heavy (non-hydrogen) atoms. The molecule has 2 unspecified atom stereocenters. The summed E-state index contributed by atoms with van der Waals surface area (Å²) in [6, 6.07) is 6.03. The molecular formula is C15H23ClO2. The summed E-state index contributed by atoms with van der Waals surface area (Å²) in [7, 11) is 0. The number of halogens is 1. The van der Waals surface area contributed by atoms with Crippen molar-refractivity contribution in [2.45, 2.75) is 51.7 Å². The normalized spacial score (nSPS) is 15.2. The molecule has 0 fully saturated rings. The van der Waals surface area contributed by atoms with E-state index in [0.29, 0.717) is 11.8 Å². The maximum Gasteiger partial charge on any atom is 0.107 e. The molecule has 0 aliphatic rings. The van der Waals surface area contributed by atoms with Crippen LogP contribution in [-0.2, 0) is 0 Å². The van der Waals surface area contributed by atoms with E-state index in [4.69, 9.17) is 11.6 Å². The molecular weight excluding hydrogens is 248 g/mol. The lowest BCUT2D eigenvalue weighted by Gasteiger charge is -2.25. The van der Waals surface area contributed by atoms with Gasteiger partial charge >= 0.3 is 0 Å². The van der Waals surface area contributed by atoms with E-state index >= 15 is 0 Å². The van der Waals surface area contributed by atoms with E-state index in [-0.39, 0.29) is 5.88 Å². The zero-order valence-electron chi connectivity index (χ0n) is 11.5. The van der Waals surface area contributed by atoms with Crippen LogP contribution in [0.3, 0.4) is 0 Å². The molecule has 1 aromatic carbocycles. The first-order chi connectivity index (χ1) is 8.40. The van der Waals surface area contributed by atoms with Gasteiger partial charge in [-0.1, -0.05) is 45.9 Å². The lowest BCUT2D eigenvalue weighted by molar-refractivity contribution is 0.0313. The average Bonchev–Trinajstić information content (AvgIpc) is 2.35. The number of benzene rings is 1. The van der Waals surface area contributed by atoms with Crippen molar-refractivity contribution in [3.63, 3.8) is 0 Å².